The molecule has 0 amide bonds. The van der Waals surface area contributed by atoms with Crippen LogP contribution in [0.5, 0.6) is 0 Å². The van der Waals surface area contributed by atoms with Crippen molar-refractivity contribution in [3.05, 3.63) is 0 Å². The fourth-order valence-corrected chi connectivity index (χ4v) is 0.670. The zero-order valence-corrected chi connectivity index (χ0v) is 7.97. The Hall–Kier alpha value is -0.710. The first kappa shape index (κ1) is 12.3. The first-order valence-electron chi connectivity index (χ1n) is 3.94. The highest BCUT2D eigenvalue weighted by Gasteiger charge is 2.45. The van der Waals surface area contributed by atoms with E-state index in [4.69, 9.17) is 10.8 Å². The van der Waals surface area contributed by atoms with Crippen LogP contribution in [-0.2, 0) is 4.79 Å². The predicted octanol–water partition coefficient (Wildman–Crippen LogP) is 1.47. The Labute approximate surface area is 75.9 Å². The van der Waals surface area contributed by atoms with Crippen molar-refractivity contribution < 1.29 is 18.7 Å². The number of alkyl halides is 2. The molecule has 3 nitrogen and oxygen atoms in total. The average molecular weight is 195 g/mol. The molecule has 0 aromatic heterocycles. The number of carbonyl (C=O) groups is 1. The highest BCUT2D eigenvalue weighted by atomic mass is 19.3. The zero-order valence-electron chi connectivity index (χ0n) is 7.97. The van der Waals surface area contributed by atoms with Crippen LogP contribution >= 0.6 is 0 Å². The molecule has 0 rings (SSSR count). The molecule has 0 fully saturated rings. The zero-order chi connectivity index (χ0) is 10.9. The van der Waals surface area contributed by atoms with Gasteiger partial charge >= 0.3 is 5.97 Å². The maximum Gasteiger partial charge on any atom is 0.320 e. The Kier molecular flexibility index (Phi) is 3.38. The van der Waals surface area contributed by atoms with Crippen molar-refractivity contribution in [2.45, 2.75) is 39.2 Å². The Bertz CT molecular complexity index is 199. The van der Waals surface area contributed by atoms with Crippen molar-refractivity contribution in [1.82, 2.24) is 0 Å². The molecule has 0 bridgehead atoms. The molecule has 0 unspecified atom stereocenters. The molecule has 0 heterocycles. The summed E-state index contributed by atoms with van der Waals surface area (Å²) in [4.78, 5) is 10.2. The quantitative estimate of drug-likeness (QED) is 0.716. The van der Waals surface area contributed by atoms with E-state index in [2.05, 4.69) is 0 Å². The molecule has 13 heavy (non-hydrogen) atoms. The molecule has 78 valence electrons. The van der Waals surface area contributed by atoms with Crippen LogP contribution in [0.1, 0.15) is 27.2 Å². The minimum Gasteiger partial charge on any atom is -0.480 e. The predicted molar refractivity (Wildman–Crippen MR) is 44.6 cm³/mol. The third kappa shape index (κ3) is 3.26. The van der Waals surface area contributed by atoms with Crippen molar-refractivity contribution >= 4 is 5.97 Å². The third-order valence-corrected chi connectivity index (χ3v) is 1.89. The van der Waals surface area contributed by atoms with Crippen LogP contribution in [0, 0.1) is 5.41 Å². The lowest BCUT2D eigenvalue weighted by atomic mass is 9.84. The van der Waals surface area contributed by atoms with E-state index in [0.717, 1.165) is 0 Å². The number of hydrogen-bond donors (Lipinski definition) is 2. The van der Waals surface area contributed by atoms with E-state index >= 15 is 0 Å². The molecule has 0 spiro atoms. The number of hydrogen-bond acceptors (Lipinski definition) is 2. The van der Waals surface area contributed by atoms with E-state index in [9.17, 15) is 13.6 Å². The number of halogens is 2. The fraction of sp³-hybridized carbons (Fsp3) is 0.875. The van der Waals surface area contributed by atoms with Crippen molar-refractivity contribution in [1.29, 1.82) is 0 Å². The lowest BCUT2D eigenvalue weighted by Gasteiger charge is -2.31. The number of carboxylic acids is 1. The number of rotatable bonds is 3. The summed E-state index contributed by atoms with van der Waals surface area (Å²) in [5.74, 6) is -4.46. The highest BCUT2D eigenvalue weighted by Crippen LogP contribution is 2.38. The Morgan fingerprint density at radius 2 is 1.85 bits per heavy atom. The second kappa shape index (κ2) is 3.57. The number of carboxylic acid groups (broad SMARTS) is 1. The van der Waals surface area contributed by atoms with Crippen molar-refractivity contribution in [3.63, 3.8) is 0 Å². The topological polar surface area (TPSA) is 63.3 Å². The maximum absolute atomic E-state index is 13.2. The smallest absolute Gasteiger partial charge is 0.320 e. The summed E-state index contributed by atoms with van der Waals surface area (Å²) in [6.07, 6.45) is -0.828. The van der Waals surface area contributed by atoms with Crippen LogP contribution in [0.4, 0.5) is 8.78 Å². The van der Waals surface area contributed by atoms with E-state index in [1.165, 1.54) is 20.8 Å². The summed E-state index contributed by atoms with van der Waals surface area (Å²) in [5.41, 5.74) is 3.76. The summed E-state index contributed by atoms with van der Waals surface area (Å²) in [7, 11) is 0. The van der Waals surface area contributed by atoms with E-state index < -0.39 is 29.8 Å². The molecule has 5 heteroatoms. The Morgan fingerprint density at radius 1 is 1.46 bits per heavy atom. The summed E-state index contributed by atoms with van der Waals surface area (Å²) < 4.78 is 26.4. The van der Waals surface area contributed by atoms with Crippen LogP contribution in [0.15, 0.2) is 0 Å². The van der Waals surface area contributed by atoms with Crippen molar-refractivity contribution in [2.24, 2.45) is 11.1 Å². The highest BCUT2D eigenvalue weighted by molar-refractivity contribution is 5.73. The molecule has 0 saturated carbocycles. The standard InChI is InChI=1S/C8H15F2NO2/c1-7(2,3)8(9,10)4-5(11)6(12)13/h5H,4,11H2,1-3H3,(H,12,13)/t5-/m0/s1. The van der Waals surface area contributed by atoms with Gasteiger partial charge in [-0.2, -0.15) is 0 Å². The minimum absolute atomic E-state index is 0.828. The average Bonchev–Trinajstić information content (AvgIpc) is 1.83. The van der Waals surface area contributed by atoms with Crippen LogP contribution in [0.2, 0.25) is 0 Å². The van der Waals surface area contributed by atoms with Gasteiger partial charge in [-0.1, -0.05) is 20.8 Å². The van der Waals surface area contributed by atoms with Crippen LogP contribution < -0.4 is 5.73 Å². The Balaban J connectivity index is 4.43. The summed E-state index contributed by atoms with van der Waals surface area (Å²) in [5, 5.41) is 8.35. The van der Waals surface area contributed by atoms with Gasteiger partial charge in [0.15, 0.2) is 0 Å². The second-order valence-electron chi connectivity index (χ2n) is 4.10. The second-order valence-corrected chi connectivity index (χ2v) is 4.10. The van der Waals surface area contributed by atoms with Crippen LogP contribution in [0.3, 0.4) is 0 Å². The molecule has 0 aromatic rings. The number of nitrogens with two attached hydrogens (primary N) is 1. The third-order valence-electron chi connectivity index (χ3n) is 1.89. The van der Waals surface area contributed by atoms with Gasteiger partial charge in [0, 0.05) is 11.8 Å². The van der Waals surface area contributed by atoms with Gasteiger partial charge in [-0.3, -0.25) is 4.79 Å². The van der Waals surface area contributed by atoms with Gasteiger partial charge in [-0.25, -0.2) is 8.78 Å². The molecule has 0 radical (unpaired) electrons. The fourth-order valence-electron chi connectivity index (χ4n) is 0.670. The molecule has 3 N–H and O–H groups in total. The maximum atomic E-state index is 13.2. The lowest BCUT2D eigenvalue weighted by molar-refractivity contribution is -0.146. The molecule has 0 aliphatic heterocycles. The van der Waals surface area contributed by atoms with Gasteiger partial charge in [0.2, 0.25) is 0 Å². The molecule has 0 aliphatic carbocycles. The van der Waals surface area contributed by atoms with E-state index in [-0.39, 0.29) is 0 Å². The first-order valence-corrected chi connectivity index (χ1v) is 3.94. The molecule has 0 aliphatic rings. The van der Waals surface area contributed by atoms with Crippen molar-refractivity contribution in [3.8, 4) is 0 Å². The van der Waals surface area contributed by atoms with Crippen molar-refractivity contribution in [2.75, 3.05) is 0 Å². The lowest BCUT2D eigenvalue weighted by Crippen LogP contribution is -2.43. The largest absolute Gasteiger partial charge is 0.480 e. The Morgan fingerprint density at radius 3 is 2.08 bits per heavy atom. The van der Waals surface area contributed by atoms with Gasteiger partial charge in [0.1, 0.15) is 6.04 Å². The summed E-state index contributed by atoms with van der Waals surface area (Å²) >= 11 is 0. The molecule has 0 saturated heterocycles. The van der Waals surface area contributed by atoms with Gasteiger partial charge in [-0.05, 0) is 0 Å². The minimum atomic E-state index is -3.06. The molecular weight excluding hydrogens is 180 g/mol. The van der Waals surface area contributed by atoms with E-state index in [0.29, 0.717) is 0 Å². The van der Waals surface area contributed by atoms with Gasteiger partial charge in [-0.15, -0.1) is 0 Å². The monoisotopic (exact) mass is 195 g/mol. The normalized spacial score (nSPS) is 15.5. The number of aliphatic carboxylic acids is 1. The summed E-state index contributed by atoms with van der Waals surface area (Å²) in [6, 6.07) is -1.51. The van der Waals surface area contributed by atoms with Gasteiger partial charge in [0.25, 0.3) is 5.92 Å². The van der Waals surface area contributed by atoms with Crippen LogP contribution in [0.25, 0.3) is 0 Å². The van der Waals surface area contributed by atoms with Gasteiger partial charge in [0.05, 0.1) is 0 Å². The van der Waals surface area contributed by atoms with E-state index in [1.807, 2.05) is 0 Å². The summed E-state index contributed by atoms with van der Waals surface area (Å²) in [6.45, 7) is 4.05. The van der Waals surface area contributed by atoms with Crippen LogP contribution in [-0.4, -0.2) is 23.0 Å². The van der Waals surface area contributed by atoms with Gasteiger partial charge < -0.3 is 10.8 Å². The SMILES string of the molecule is CC(C)(C)C(F)(F)C[C@H](N)C(=O)O. The van der Waals surface area contributed by atoms with E-state index in [1.54, 1.807) is 0 Å². The first-order chi connectivity index (χ1) is 5.58. The molecule has 1 atom stereocenters. The molecule has 0 aromatic carbocycles. The molecular formula is C8H15F2NO2.